The maximum absolute atomic E-state index is 13.5. The van der Waals surface area contributed by atoms with Crippen LogP contribution in [0.3, 0.4) is 0 Å². The van der Waals surface area contributed by atoms with Gasteiger partial charge in [0.15, 0.2) is 0 Å². The average molecular weight is 442 g/mol. The number of rotatable bonds is 14. The van der Waals surface area contributed by atoms with Crippen LogP contribution in [0.4, 0.5) is 0 Å². The summed E-state index contributed by atoms with van der Waals surface area (Å²) in [6.07, 6.45) is 8.00. The molecule has 0 aliphatic heterocycles. The summed E-state index contributed by atoms with van der Waals surface area (Å²) < 4.78 is 27.2. The zero-order valence-corrected chi connectivity index (χ0v) is 19.8. The number of aromatic nitrogens is 1. The van der Waals surface area contributed by atoms with Crippen molar-refractivity contribution >= 4 is 18.5 Å². The SMILES string of the molecule is CCOP(=O)(OCC)[C@@H](CCCCCn1ccc2ccccc21)CCc1ccccc1. The Labute approximate surface area is 187 Å². The number of unbranched alkanes of at least 4 members (excludes halogenated alkanes) is 2. The van der Waals surface area contributed by atoms with Crippen LogP contribution in [-0.2, 0) is 26.6 Å². The second-order valence-corrected chi connectivity index (χ2v) is 10.3. The summed E-state index contributed by atoms with van der Waals surface area (Å²) in [5.74, 6) is 0. The highest BCUT2D eigenvalue weighted by atomic mass is 31.2. The lowest BCUT2D eigenvalue weighted by atomic mass is 10.0. The Kier molecular flexibility index (Phi) is 9.39. The van der Waals surface area contributed by atoms with Crippen LogP contribution in [0.15, 0.2) is 66.9 Å². The standard InChI is InChI=1S/C26H36NO3P/c1-3-29-31(28,30-4-2)25(19-18-23-13-7-5-8-14-23)16-9-6-12-21-27-22-20-24-15-10-11-17-26(24)27/h5,7-8,10-11,13-15,17,20,22,25H,3-4,6,9,12,16,18-19,21H2,1-2H3/t25-/m0/s1. The Morgan fingerprint density at radius 3 is 2.29 bits per heavy atom. The summed E-state index contributed by atoms with van der Waals surface area (Å²) in [5.41, 5.74) is 2.51. The van der Waals surface area contributed by atoms with Gasteiger partial charge in [-0.3, -0.25) is 4.57 Å². The first-order valence-electron chi connectivity index (χ1n) is 11.6. The maximum Gasteiger partial charge on any atom is 0.333 e. The van der Waals surface area contributed by atoms with Crippen molar-refractivity contribution in [2.45, 2.75) is 64.6 Å². The summed E-state index contributed by atoms with van der Waals surface area (Å²) in [5, 5.41) is 1.29. The van der Waals surface area contributed by atoms with E-state index < -0.39 is 7.60 Å². The van der Waals surface area contributed by atoms with E-state index in [-0.39, 0.29) is 5.66 Å². The quantitative estimate of drug-likeness (QED) is 0.192. The van der Waals surface area contributed by atoms with Gasteiger partial charge >= 0.3 is 7.60 Å². The smallest absolute Gasteiger partial charge is 0.333 e. The Balaban J connectivity index is 1.54. The Morgan fingerprint density at radius 2 is 1.55 bits per heavy atom. The second kappa shape index (κ2) is 12.2. The molecule has 3 aromatic rings. The molecular weight excluding hydrogens is 405 g/mol. The van der Waals surface area contributed by atoms with E-state index in [0.717, 1.165) is 45.1 Å². The summed E-state index contributed by atoms with van der Waals surface area (Å²) in [6.45, 7) is 5.62. The van der Waals surface area contributed by atoms with E-state index >= 15 is 0 Å². The van der Waals surface area contributed by atoms with Crippen LogP contribution in [0.25, 0.3) is 10.9 Å². The van der Waals surface area contributed by atoms with Gasteiger partial charge in [-0.05, 0) is 62.6 Å². The van der Waals surface area contributed by atoms with Crippen molar-refractivity contribution in [3.8, 4) is 0 Å². The average Bonchev–Trinajstić information content (AvgIpc) is 3.19. The van der Waals surface area contributed by atoms with Gasteiger partial charge in [0, 0.05) is 18.3 Å². The van der Waals surface area contributed by atoms with Crippen LogP contribution in [0.1, 0.15) is 51.5 Å². The minimum Gasteiger partial charge on any atom is -0.347 e. The van der Waals surface area contributed by atoms with Gasteiger partial charge in [-0.15, -0.1) is 0 Å². The molecule has 2 aromatic carbocycles. The number of nitrogens with zero attached hydrogens (tertiary/aromatic N) is 1. The number of benzene rings is 2. The highest BCUT2D eigenvalue weighted by Gasteiger charge is 2.34. The lowest BCUT2D eigenvalue weighted by Gasteiger charge is -2.26. The van der Waals surface area contributed by atoms with Crippen LogP contribution in [-0.4, -0.2) is 23.4 Å². The molecular formula is C26H36NO3P. The number of para-hydroxylation sites is 1. The molecule has 1 aromatic heterocycles. The maximum atomic E-state index is 13.5. The first-order valence-corrected chi connectivity index (χ1v) is 13.2. The minimum atomic E-state index is -3.10. The van der Waals surface area contributed by atoms with Gasteiger partial charge in [0.25, 0.3) is 0 Å². The molecule has 0 radical (unpaired) electrons. The summed E-state index contributed by atoms with van der Waals surface area (Å²) >= 11 is 0. The van der Waals surface area contributed by atoms with Gasteiger partial charge < -0.3 is 13.6 Å². The van der Waals surface area contributed by atoms with Crippen molar-refractivity contribution in [1.82, 2.24) is 4.57 Å². The summed E-state index contributed by atoms with van der Waals surface area (Å²) in [7, 11) is -3.10. The number of fused-ring (bicyclic) bond motifs is 1. The topological polar surface area (TPSA) is 40.5 Å². The van der Waals surface area contributed by atoms with Crippen LogP contribution < -0.4 is 0 Å². The molecule has 0 unspecified atom stereocenters. The van der Waals surface area contributed by atoms with Crippen LogP contribution >= 0.6 is 7.60 Å². The molecule has 0 amide bonds. The predicted molar refractivity (Wildman–Crippen MR) is 130 cm³/mol. The zero-order valence-electron chi connectivity index (χ0n) is 18.9. The van der Waals surface area contributed by atoms with E-state index in [1.165, 1.54) is 16.5 Å². The molecule has 0 aliphatic carbocycles. The Morgan fingerprint density at radius 1 is 0.839 bits per heavy atom. The Bertz CT molecular complexity index is 943. The Hall–Kier alpha value is -1.87. The molecule has 5 heteroatoms. The fourth-order valence-electron chi connectivity index (χ4n) is 4.22. The number of hydrogen-bond donors (Lipinski definition) is 0. The molecule has 0 spiro atoms. The normalized spacial score (nSPS) is 13.0. The van der Waals surface area contributed by atoms with E-state index in [9.17, 15) is 4.57 Å². The molecule has 3 rings (SSSR count). The summed E-state index contributed by atoms with van der Waals surface area (Å²) in [6, 6.07) is 21.1. The van der Waals surface area contributed by atoms with Crippen molar-refractivity contribution in [3.63, 3.8) is 0 Å². The molecule has 0 saturated heterocycles. The van der Waals surface area contributed by atoms with Gasteiger partial charge in [-0.2, -0.15) is 0 Å². The molecule has 0 aliphatic rings. The van der Waals surface area contributed by atoms with Crippen LogP contribution in [0, 0.1) is 0 Å². The van der Waals surface area contributed by atoms with Crippen molar-refractivity contribution in [1.29, 1.82) is 0 Å². The van der Waals surface area contributed by atoms with Crippen molar-refractivity contribution in [3.05, 3.63) is 72.4 Å². The molecule has 0 fully saturated rings. The first kappa shape index (κ1) is 23.8. The van der Waals surface area contributed by atoms with Gasteiger partial charge in [0.2, 0.25) is 0 Å². The van der Waals surface area contributed by atoms with Crippen molar-refractivity contribution < 1.29 is 13.6 Å². The molecule has 168 valence electrons. The van der Waals surface area contributed by atoms with Crippen LogP contribution in [0.2, 0.25) is 0 Å². The molecule has 0 bridgehead atoms. The fourth-order valence-corrected chi connectivity index (χ4v) is 6.38. The highest BCUT2D eigenvalue weighted by Crippen LogP contribution is 2.56. The van der Waals surface area contributed by atoms with E-state index in [0.29, 0.717) is 13.2 Å². The third-order valence-electron chi connectivity index (χ3n) is 5.79. The lowest BCUT2D eigenvalue weighted by molar-refractivity contribution is 0.208. The largest absolute Gasteiger partial charge is 0.347 e. The molecule has 1 atom stereocenters. The van der Waals surface area contributed by atoms with E-state index in [2.05, 4.69) is 65.4 Å². The van der Waals surface area contributed by atoms with Crippen LogP contribution in [0.5, 0.6) is 0 Å². The predicted octanol–water partition coefficient (Wildman–Crippen LogP) is 7.47. The van der Waals surface area contributed by atoms with Gasteiger partial charge in [-0.1, -0.05) is 61.4 Å². The third kappa shape index (κ3) is 6.80. The number of hydrogen-bond acceptors (Lipinski definition) is 3. The monoisotopic (exact) mass is 441 g/mol. The van der Waals surface area contributed by atoms with Gasteiger partial charge in [0.1, 0.15) is 0 Å². The first-order chi connectivity index (χ1) is 15.2. The fraction of sp³-hybridized carbons (Fsp3) is 0.462. The third-order valence-corrected chi connectivity index (χ3v) is 8.44. The second-order valence-electron chi connectivity index (χ2n) is 7.97. The molecule has 1 heterocycles. The van der Waals surface area contributed by atoms with E-state index in [1.54, 1.807) is 0 Å². The molecule has 0 N–H and O–H groups in total. The van der Waals surface area contributed by atoms with Gasteiger partial charge in [-0.25, -0.2) is 0 Å². The zero-order chi connectivity index (χ0) is 21.9. The van der Waals surface area contributed by atoms with Crippen molar-refractivity contribution in [2.75, 3.05) is 13.2 Å². The van der Waals surface area contributed by atoms with Crippen molar-refractivity contribution in [2.24, 2.45) is 0 Å². The summed E-state index contributed by atoms with van der Waals surface area (Å²) in [4.78, 5) is 0. The highest BCUT2D eigenvalue weighted by molar-refractivity contribution is 7.54. The number of aryl methyl sites for hydroxylation is 2. The minimum absolute atomic E-state index is 0.0555. The van der Waals surface area contributed by atoms with Gasteiger partial charge in [0.05, 0.1) is 18.9 Å². The lowest BCUT2D eigenvalue weighted by Crippen LogP contribution is -2.15. The molecule has 31 heavy (non-hydrogen) atoms. The molecule has 4 nitrogen and oxygen atoms in total. The molecule has 0 saturated carbocycles. The van der Waals surface area contributed by atoms with E-state index in [4.69, 9.17) is 9.05 Å². The van der Waals surface area contributed by atoms with E-state index in [1.807, 2.05) is 19.9 Å².